The number of hydrogen-bond donors (Lipinski definition) is 0. The van der Waals surface area contributed by atoms with Gasteiger partial charge in [-0.05, 0) is 12.5 Å². The summed E-state index contributed by atoms with van der Waals surface area (Å²) < 4.78 is 1.79. The molecule has 2 aromatic heterocycles. The van der Waals surface area contributed by atoms with Gasteiger partial charge in [-0.2, -0.15) is 5.10 Å². The largest absolute Gasteiger partial charge is 0.293 e. The first kappa shape index (κ1) is 10.0. The Morgan fingerprint density at radius 2 is 2.47 bits per heavy atom. The summed E-state index contributed by atoms with van der Waals surface area (Å²) in [6.45, 7) is 0. The molecule has 0 aliphatic carbocycles. The lowest BCUT2D eigenvalue weighted by Crippen LogP contribution is -2.03. The van der Waals surface area contributed by atoms with Crippen LogP contribution in [0.25, 0.3) is 0 Å². The first-order valence-electron chi connectivity index (χ1n) is 4.66. The van der Waals surface area contributed by atoms with Gasteiger partial charge >= 0.3 is 0 Å². The SMILES string of the molecule is Cn1nccc1CCC(=O)c1cncs1. The molecular weight excluding hydrogens is 210 g/mol. The van der Waals surface area contributed by atoms with Crippen molar-refractivity contribution in [1.29, 1.82) is 0 Å². The lowest BCUT2D eigenvalue weighted by atomic mass is 10.1. The highest BCUT2D eigenvalue weighted by Gasteiger charge is 2.08. The zero-order chi connectivity index (χ0) is 10.7. The Bertz CT molecular complexity index is 447. The van der Waals surface area contributed by atoms with Crippen LogP contribution in [0.4, 0.5) is 0 Å². The topological polar surface area (TPSA) is 47.8 Å². The fourth-order valence-electron chi connectivity index (χ4n) is 1.36. The van der Waals surface area contributed by atoms with E-state index in [0.717, 1.165) is 17.0 Å². The second-order valence-electron chi connectivity index (χ2n) is 3.24. The molecule has 4 nitrogen and oxygen atoms in total. The summed E-state index contributed by atoms with van der Waals surface area (Å²) in [6, 6.07) is 1.93. The number of ketones is 1. The Balaban J connectivity index is 1.95. The van der Waals surface area contributed by atoms with Gasteiger partial charge in [0.15, 0.2) is 5.78 Å². The minimum absolute atomic E-state index is 0.152. The first-order valence-corrected chi connectivity index (χ1v) is 5.54. The molecule has 0 fully saturated rings. The molecule has 0 unspecified atom stereocenters. The van der Waals surface area contributed by atoms with E-state index in [0.29, 0.717) is 6.42 Å². The maximum absolute atomic E-state index is 11.7. The van der Waals surface area contributed by atoms with Crippen LogP contribution >= 0.6 is 11.3 Å². The number of Topliss-reactive ketones (excluding diaryl/α,β-unsaturated/α-hetero) is 1. The van der Waals surface area contributed by atoms with Crippen LogP contribution in [-0.4, -0.2) is 20.5 Å². The van der Waals surface area contributed by atoms with Gasteiger partial charge in [0, 0.05) is 31.6 Å². The van der Waals surface area contributed by atoms with E-state index in [1.165, 1.54) is 11.3 Å². The Hall–Kier alpha value is -1.49. The number of hydrogen-bond acceptors (Lipinski definition) is 4. The van der Waals surface area contributed by atoms with E-state index in [1.54, 1.807) is 22.6 Å². The van der Waals surface area contributed by atoms with Gasteiger partial charge in [-0.15, -0.1) is 11.3 Å². The standard InChI is InChI=1S/C10H11N3OS/c1-13-8(4-5-12-13)2-3-9(14)10-6-11-7-15-10/h4-7H,2-3H2,1H3. The maximum atomic E-state index is 11.7. The van der Waals surface area contributed by atoms with Crippen LogP contribution in [0.1, 0.15) is 21.8 Å². The number of carbonyl (C=O) groups excluding carboxylic acids is 1. The summed E-state index contributed by atoms with van der Waals surface area (Å²) in [5.41, 5.74) is 2.75. The van der Waals surface area contributed by atoms with Crippen LogP contribution < -0.4 is 0 Å². The monoisotopic (exact) mass is 221 g/mol. The lowest BCUT2D eigenvalue weighted by molar-refractivity contribution is 0.0986. The van der Waals surface area contributed by atoms with E-state index >= 15 is 0 Å². The van der Waals surface area contributed by atoms with Crippen LogP contribution in [-0.2, 0) is 13.5 Å². The maximum Gasteiger partial charge on any atom is 0.174 e. The average Bonchev–Trinajstić information content (AvgIpc) is 2.85. The van der Waals surface area contributed by atoms with E-state index < -0.39 is 0 Å². The fourth-order valence-corrected chi connectivity index (χ4v) is 1.96. The number of rotatable bonds is 4. The van der Waals surface area contributed by atoms with Gasteiger partial charge in [0.2, 0.25) is 0 Å². The predicted molar refractivity (Wildman–Crippen MR) is 58.0 cm³/mol. The van der Waals surface area contributed by atoms with Crippen molar-refractivity contribution >= 4 is 17.1 Å². The highest BCUT2D eigenvalue weighted by atomic mass is 32.1. The smallest absolute Gasteiger partial charge is 0.174 e. The highest BCUT2D eigenvalue weighted by molar-refractivity contribution is 7.11. The Labute approximate surface area is 91.6 Å². The summed E-state index contributed by atoms with van der Waals surface area (Å²) in [5.74, 6) is 0.152. The summed E-state index contributed by atoms with van der Waals surface area (Å²) >= 11 is 1.39. The quantitative estimate of drug-likeness (QED) is 0.738. The van der Waals surface area contributed by atoms with Crippen molar-refractivity contribution in [2.45, 2.75) is 12.8 Å². The molecule has 0 saturated heterocycles. The molecule has 0 atom stereocenters. The van der Waals surface area contributed by atoms with Gasteiger partial charge in [0.25, 0.3) is 0 Å². The molecule has 2 heterocycles. The van der Waals surface area contributed by atoms with Crippen LogP contribution in [0.5, 0.6) is 0 Å². The van der Waals surface area contributed by atoms with Crippen molar-refractivity contribution in [2.24, 2.45) is 7.05 Å². The zero-order valence-electron chi connectivity index (χ0n) is 8.38. The van der Waals surface area contributed by atoms with E-state index in [-0.39, 0.29) is 5.78 Å². The number of aryl methyl sites for hydroxylation is 2. The van der Waals surface area contributed by atoms with Gasteiger partial charge in [-0.3, -0.25) is 14.5 Å². The fraction of sp³-hybridized carbons (Fsp3) is 0.300. The Morgan fingerprint density at radius 3 is 3.07 bits per heavy atom. The van der Waals surface area contributed by atoms with Crippen LogP contribution in [0, 0.1) is 0 Å². The van der Waals surface area contributed by atoms with Crippen molar-refractivity contribution in [2.75, 3.05) is 0 Å². The molecule has 0 spiro atoms. The number of nitrogens with zero attached hydrogens (tertiary/aromatic N) is 3. The lowest BCUT2D eigenvalue weighted by Gasteiger charge is -1.99. The van der Waals surface area contributed by atoms with Gasteiger partial charge in [0.05, 0.1) is 10.4 Å². The second kappa shape index (κ2) is 4.35. The summed E-state index contributed by atoms with van der Waals surface area (Å²) in [6.07, 6.45) is 4.61. The van der Waals surface area contributed by atoms with Crippen molar-refractivity contribution in [3.63, 3.8) is 0 Å². The molecule has 2 aromatic rings. The third kappa shape index (κ3) is 2.30. The molecule has 0 N–H and O–H groups in total. The molecule has 0 aromatic carbocycles. The third-order valence-corrected chi connectivity index (χ3v) is 3.05. The van der Waals surface area contributed by atoms with Crippen molar-refractivity contribution in [3.8, 4) is 0 Å². The normalized spacial score (nSPS) is 10.5. The molecular formula is C10H11N3OS. The molecule has 78 valence electrons. The van der Waals surface area contributed by atoms with E-state index in [9.17, 15) is 4.79 Å². The summed E-state index contributed by atoms with van der Waals surface area (Å²) in [4.78, 5) is 16.3. The van der Waals surface area contributed by atoms with Crippen LogP contribution in [0.2, 0.25) is 0 Å². The van der Waals surface area contributed by atoms with Crippen LogP contribution in [0.15, 0.2) is 24.0 Å². The first-order chi connectivity index (χ1) is 7.27. The molecule has 15 heavy (non-hydrogen) atoms. The molecule has 2 rings (SSSR count). The number of aromatic nitrogens is 3. The molecule has 0 aliphatic heterocycles. The summed E-state index contributed by atoms with van der Waals surface area (Å²) in [7, 11) is 1.88. The number of carbonyl (C=O) groups is 1. The minimum Gasteiger partial charge on any atom is -0.293 e. The highest BCUT2D eigenvalue weighted by Crippen LogP contribution is 2.11. The van der Waals surface area contributed by atoms with Crippen LogP contribution in [0.3, 0.4) is 0 Å². The predicted octanol–water partition coefficient (Wildman–Crippen LogP) is 1.69. The van der Waals surface area contributed by atoms with Gasteiger partial charge in [0.1, 0.15) is 0 Å². The molecule has 0 radical (unpaired) electrons. The van der Waals surface area contributed by atoms with E-state index in [4.69, 9.17) is 0 Å². The van der Waals surface area contributed by atoms with E-state index in [2.05, 4.69) is 10.1 Å². The summed E-state index contributed by atoms with van der Waals surface area (Å²) in [5, 5.41) is 4.05. The number of thiazole rings is 1. The van der Waals surface area contributed by atoms with E-state index in [1.807, 2.05) is 13.1 Å². The molecule has 5 heteroatoms. The minimum atomic E-state index is 0.152. The van der Waals surface area contributed by atoms with Crippen molar-refractivity contribution in [1.82, 2.24) is 14.8 Å². The molecule has 0 aliphatic rings. The zero-order valence-corrected chi connectivity index (χ0v) is 9.20. The molecule has 0 saturated carbocycles. The Morgan fingerprint density at radius 1 is 1.60 bits per heavy atom. The van der Waals surface area contributed by atoms with Gasteiger partial charge in [-0.25, -0.2) is 0 Å². The van der Waals surface area contributed by atoms with Crippen molar-refractivity contribution < 1.29 is 4.79 Å². The second-order valence-corrected chi connectivity index (χ2v) is 4.12. The third-order valence-electron chi connectivity index (χ3n) is 2.24. The molecule has 0 bridgehead atoms. The van der Waals surface area contributed by atoms with Gasteiger partial charge < -0.3 is 0 Å². The Kier molecular flexibility index (Phi) is 2.91. The van der Waals surface area contributed by atoms with Crippen molar-refractivity contribution in [3.05, 3.63) is 34.5 Å². The average molecular weight is 221 g/mol. The molecule has 0 amide bonds. The van der Waals surface area contributed by atoms with Gasteiger partial charge in [-0.1, -0.05) is 0 Å².